The number of nitrogens with one attached hydrogen (secondary N) is 1. The topological polar surface area (TPSA) is 54.3 Å². The monoisotopic (exact) mass is 339 g/mol. The van der Waals surface area contributed by atoms with Gasteiger partial charge in [-0.15, -0.1) is 0 Å². The van der Waals surface area contributed by atoms with E-state index in [0.717, 1.165) is 18.5 Å². The molecular weight excluding hydrogens is 314 g/mol. The Morgan fingerprint density at radius 2 is 1.64 bits per heavy atom. The first-order valence-corrected chi connectivity index (χ1v) is 8.87. The van der Waals surface area contributed by atoms with Crippen molar-refractivity contribution in [3.63, 3.8) is 0 Å². The second kappa shape index (κ2) is 7.55. The van der Waals surface area contributed by atoms with Crippen LogP contribution in [0, 0.1) is 5.92 Å². The summed E-state index contributed by atoms with van der Waals surface area (Å²) in [6.07, 6.45) is 5.57. The van der Waals surface area contributed by atoms with Crippen LogP contribution >= 0.6 is 0 Å². The molecule has 1 aliphatic heterocycles. The van der Waals surface area contributed by atoms with Gasteiger partial charge in [0.1, 0.15) is 0 Å². The third-order valence-corrected chi connectivity index (χ3v) is 4.67. The molecule has 1 N–H and O–H groups in total. The Morgan fingerprint density at radius 3 is 2.20 bits per heavy atom. The van der Waals surface area contributed by atoms with Crippen molar-refractivity contribution >= 4 is 11.8 Å². The lowest BCUT2D eigenvalue weighted by atomic mass is 10.0. The second-order valence-electron chi connectivity index (χ2n) is 6.86. The summed E-state index contributed by atoms with van der Waals surface area (Å²) in [4.78, 5) is 26.4. The quantitative estimate of drug-likeness (QED) is 0.931. The Labute approximate surface area is 148 Å². The van der Waals surface area contributed by atoms with E-state index in [0.29, 0.717) is 18.7 Å². The van der Waals surface area contributed by atoms with E-state index in [1.54, 1.807) is 0 Å². The summed E-state index contributed by atoms with van der Waals surface area (Å²) in [6.45, 7) is 5.28. The molecule has 0 radical (unpaired) electrons. The van der Waals surface area contributed by atoms with Crippen molar-refractivity contribution in [2.24, 2.45) is 5.92 Å². The lowest BCUT2D eigenvalue weighted by Crippen LogP contribution is -2.47. The van der Waals surface area contributed by atoms with Crippen molar-refractivity contribution in [3.05, 3.63) is 54.4 Å². The van der Waals surface area contributed by atoms with Crippen molar-refractivity contribution < 1.29 is 9.59 Å². The minimum atomic E-state index is -0.0484. The normalized spacial score (nSPS) is 15.4. The van der Waals surface area contributed by atoms with Crippen LogP contribution in [-0.2, 0) is 4.79 Å². The highest BCUT2D eigenvalue weighted by atomic mass is 16.2. The van der Waals surface area contributed by atoms with Crippen LogP contribution in [0.5, 0.6) is 0 Å². The standard InChI is InChI=1S/C20H25N3O2/c1-15(2)20(25)23-13-9-17(10-14-23)21-19(24)16-5-7-18(8-6-16)22-11-3-4-12-22/h3-8,11-12,15,17H,9-10,13-14H2,1-2H3,(H,21,24). The van der Waals surface area contributed by atoms with Gasteiger partial charge in [0.05, 0.1) is 0 Å². The molecule has 0 atom stereocenters. The molecule has 3 rings (SSSR count). The molecule has 0 saturated carbocycles. The summed E-state index contributed by atoms with van der Waals surface area (Å²) >= 11 is 0. The molecule has 25 heavy (non-hydrogen) atoms. The van der Waals surface area contributed by atoms with Gasteiger partial charge in [0.25, 0.3) is 5.91 Å². The molecule has 2 amide bonds. The minimum absolute atomic E-state index is 0.0324. The summed E-state index contributed by atoms with van der Waals surface area (Å²) in [5.41, 5.74) is 1.69. The van der Waals surface area contributed by atoms with Crippen LogP contribution in [0.25, 0.3) is 5.69 Å². The van der Waals surface area contributed by atoms with Gasteiger partial charge >= 0.3 is 0 Å². The van der Waals surface area contributed by atoms with E-state index in [2.05, 4.69) is 5.32 Å². The molecule has 5 nitrogen and oxygen atoms in total. The first kappa shape index (κ1) is 17.3. The average Bonchev–Trinajstić information content (AvgIpc) is 3.16. The van der Waals surface area contributed by atoms with Gasteiger partial charge < -0.3 is 14.8 Å². The van der Waals surface area contributed by atoms with E-state index in [1.807, 2.05) is 72.1 Å². The molecule has 1 aliphatic rings. The van der Waals surface area contributed by atoms with E-state index >= 15 is 0 Å². The molecule has 132 valence electrons. The van der Waals surface area contributed by atoms with Crippen LogP contribution in [0.15, 0.2) is 48.8 Å². The number of aromatic nitrogens is 1. The van der Waals surface area contributed by atoms with E-state index < -0.39 is 0 Å². The van der Waals surface area contributed by atoms with Crippen LogP contribution in [0.3, 0.4) is 0 Å². The van der Waals surface area contributed by atoms with Crippen molar-refractivity contribution in [2.45, 2.75) is 32.7 Å². The van der Waals surface area contributed by atoms with Crippen LogP contribution in [0.2, 0.25) is 0 Å². The third kappa shape index (κ3) is 4.10. The smallest absolute Gasteiger partial charge is 0.251 e. The Balaban J connectivity index is 1.54. The second-order valence-corrected chi connectivity index (χ2v) is 6.86. The van der Waals surface area contributed by atoms with Gasteiger partial charge in [-0.2, -0.15) is 0 Å². The van der Waals surface area contributed by atoms with Gasteiger partial charge in [-0.3, -0.25) is 9.59 Å². The average molecular weight is 339 g/mol. The van der Waals surface area contributed by atoms with E-state index in [9.17, 15) is 9.59 Å². The van der Waals surface area contributed by atoms with Gasteiger partial charge in [0.2, 0.25) is 5.91 Å². The van der Waals surface area contributed by atoms with Crippen molar-refractivity contribution in [2.75, 3.05) is 13.1 Å². The fraction of sp³-hybridized carbons (Fsp3) is 0.400. The van der Waals surface area contributed by atoms with Crippen molar-refractivity contribution in [1.29, 1.82) is 0 Å². The number of hydrogen-bond donors (Lipinski definition) is 1. The molecule has 0 aliphatic carbocycles. The summed E-state index contributed by atoms with van der Waals surface area (Å²) in [5.74, 6) is 0.183. The number of rotatable bonds is 4. The van der Waals surface area contributed by atoms with Crippen LogP contribution in [0.4, 0.5) is 0 Å². The van der Waals surface area contributed by atoms with Gasteiger partial charge in [0.15, 0.2) is 0 Å². The van der Waals surface area contributed by atoms with Gasteiger partial charge in [0, 0.05) is 48.7 Å². The number of carbonyl (C=O) groups excluding carboxylic acids is 2. The molecule has 1 saturated heterocycles. The zero-order chi connectivity index (χ0) is 17.8. The predicted molar refractivity (Wildman–Crippen MR) is 97.7 cm³/mol. The lowest BCUT2D eigenvalue weighted by Gasteiger charge is -2.33. The predicted octanol–water partition coefficient (Wildman–Crippen LogP) is 2.85. The van der Waals surface area contributed by atoms with Gasteiger partial charge in [-0.25, -0.2) is 0 Å². The van der Waals surface area contributed by atoms with Crippen LogP contribution < -0.4 is 5.32 Å². The van der Waals surface area contributed by atoms with E-state index in [4.69, 9.17) is 0 Å². The van der Waals surface area contributed by atoms with E-state index in [-0.39, 0.29) is 23.8 Å². The maximum absolute atomic E-state index is 12.4. The third-order valence-electron chi connectivity index (χ3n) is 4.67. The van der Waals surface area contributed by atoms with Crippen LogP contribution in [-0.4, -0.2) is 40.4 Å². The molecule has 0 spiro atoms. The van der Waals surface area contributed by atoms with Crippen molar-refractivity contribution in [1.82, 2.24) is 14.8 Å². The first-order valence-electron chi connectivity index (χ1n) is 8.87. The molecule has 2 heterocycles. The van der Waals surface area contributed by atoms with E-state index in [1.165, 1.54) is 0 Å². The fourth-order valence-corrected chi connectivity index (χ4v) is 3.17. The summed E-state index contributed by atoms with van der Waals surface area (Å²) in [5, 5.41) is 3.09. The molecule has 0 unspecified atom stereocenters. The number of nitrogens with zero attached hydrogens (tertiary/aromatic N) is 2. The zero-order valence-corrected chi connectivity index (χ0v) is 14.8. The maximum Gasteiger partial charge on any atom is 0.251 e. The number of hydrogen-bond acceptors (Lipinski definition) is 2. The SMILES string of the molecule is CC(C)C(=O)N1CCC(NC(=O)c2ccc(-n3cccc3)cc2)CC1. The van der Waals surface area contributed by atoms with Crippen LogP contribution in [0.1, 0.15) is 37.0 Å². The lowest BCUT2D eigenvalue weighted by molar-refractivity contribution is -0.135. The Morgan fingerprint density at radius 1 is 1.04 bits per heavy atom. The Hall–Kier alpha value is -2.56. The number of benzene rings is 1. The molecular formula is C20H25N3O2. The Kier molecular flexibility index (Phi) is 5.22. The highest BCUT2D eigenvalue weighted by Gasteiger charge is 2.25. The highest BCUT2D eigenvalue weighted by Crippen LogP contribution is 2.15. The number of carbonyl (C=O) groups is 2. The number of piperidine rings is 1. The zero-order valence-electron chi connectivity index (χ0n) is 14.8. The molecule has 5 heteroatoms. The molecule has 2 aromatic rings. The maximum atomic E-state index is 12.4. The molecule has 1 aromatic heterocycles. The number of amides is 2. The largest absolute Gasteiger partial charge is 0.349 e. The Bertz CT molecular complexity index is 712. The molecule has 0 bridgehead atoms. The minimum Gasteiger partial charge on any atom is -0.349 e. The number of likely N-dealkylation sites (tertiary alicyclic amines) is 1. The van der Waals surface area contributed by atoms with Crippen molar-refractivity contribution in [3.8, 4) is 5.69 Å². The summed E-state index contributed by atoms with van der Waals surface area (Å²) < 4.78 is 2.00. The summed E-state index contributed by atoms with van der Waals surface area (Å²) in [6, 6.07) is 11.7. The van der Waals surface area contributed by atoms with Gasteiger partial charge in [-0.05, 0) is 49.2 Å². The molecule has 1 fully saturated rings. The van der Waals surface area contributed by atoms with Gasteiger partial charge in [-0.1, -0.05) is 13.8 Å². The fourth-order valence-electron chi connectivity index (χ4n) is 3.17. The highest BCUT2D eigenvalue weighted by molar-refractivity contribution is 5.94. The summed E-state index contributed by atoms with van der Waals surface area (Å²) in [7, 11) is 0. The first-order chi connectivity index (χ1) is 12.0. The molecule has 1 aromatic carbocycles.